The fourth-order valence-electron chi connectivity index (χ4n) is 8.62. The van der Waals surface area contributed by atoms with Crippen molar-refractivity contribution in [2.24, 2.45) is 11.3 Å². The number of hydrogen-bond donors (Lipinski definition) is 15. The third-order valence-electron chi connectivity index (χ3n) is 12.3. The Morgan fingerprint density at radius 3 is 1.57 bits per heavy atom. The molecule has 4 fully saturated rings. The maximum absolute atomic E-state index is 13.0. The van der Waals surface area contributed by atoms with E-state index in [1.54, 1.807) is 20.8 Å². The van der Waals surface area contributed by atoms with Gasteiger partial charge in [0.25, 0.3) is 0 Å². The molecule has 0 aromatic carbocycles. The molecule has 380 valence electrons. The van der Waals surface area contributed by atoms with E-state index in [0.29, 0.717) is 0 Å². The van der Waals surface area contributed by atoms with Crippen LogP contribution in [0, 0.1) is 11.3 Å². The molecule has 4 aliphatic heterocycles. The first-order chi connectivity index (χ1) is 30.4. The Labute approximate surface area is 376 Å². The predicted molar refractivity (Wildman–Crippen MR) is 216 cm³/mol. The van der Waals surface area contributed by atoms with Gasteiger partial charge in [-0.3, -0.25) is 9.59 Å². The van der Waals surface area contributed by atoms with E-state index in [0.717, 1.165) is 6.92 Å². The summed E-state index contributed by atoms with van der Waals surface area (Å²) in [6.07, 6.45) is -34.0. The number of carbonyl (C=O) groups is 2. The molecule has 4 heterocycles. The molecule has 4 rings (SSSR count). The lowest BCUT2D eigenvalue weighted by atomic mass is 9.78. The van der Waals surface area contributed by atoms with Crippen molar-refractivity contribution in [2.75, 3.05) is 33.0 Å². The third kappa shape index (κ3) is 13.3. The van der Waals surface area contributed by atoms with Crippen LogP contribution in [-0.2, 0) is 47.5 Å². The third-order valence-corrected chi connectivity index (χ3v) is 12.3. The fourth-order valence-corrected chi connectivity index (χ4v) is 8.62. The lowest BCUT2D eigenvalue weighted by Gasteiger charge is -2.52. The highest BCUT2D eigenvalue weighted by molar-refractivity contribution is 5.73. The predicted octanol–water partition coefficient (Wildman–Crippen LogP) is -7.21. The van der Waals surface area contributed by atoms with E-state index in [-0.39, 0.29) is 0 Å². The number of hydrogen-bond acceptors (Lipinski definition) is 23. The Morgan fingerprint density at radius 1 is 0.585 bits per heavy atom. The van der Waals surface area contributed by atoms with Crippen molar-refractivity contribution in [3.05, 3.63) is 0 Å². The smallest absolute Gasteiger partial charge is 0.217 e. The fraction of sp³-hybridized carbons (Fsp3) is 0.950. The summed E-state index contributed by atoms with van der Waals surface area (Å²) in [6, 6.07) is -2.62. The second kappa shape index (κ2) is 24.1. The van der Waals surface area contributed by atoms with Crippen LogP contribution in [0.3, 0.4) is 0 Å². The van der Waals surface area contributed by atoms with Crippen LogP contribution in [0.15, 0.2) is 0 Å². The number of carbonyl (C=O) groups excluding carboxylic acids is 2. The normalized spacial score (nSPS) is 42.4. The molecule has 21 unspecified atom stereocenters. The molecule has 15 N–H and O–H groups in total. The average molecular weight is 949 g/mol. The summed E-state index contributed by atoms with van der Waals surface area (Å²) >= 11 is 0. The van der Waals surface area contributed by atoms with Gasteiger partial charge in [-0.2, -0.15) is 0 Å². The molecule has 24 atom stereocenters. The van der Waals surface area contributed by atoms with E-state index in [4.69, 9.17) is 37.9 Å². The summed E-state index contributed by atoms with van der Waals surface area (Å²) in [5.74, 6) is -2.60. The van der Waals surface area contributed by atoms with Crippen LogP contribution in [-0.4, -0.2) is 252 Å². The van der Waals surface area contributed by atoms with E-state index in [1.807, 2.05) is 0 Å². The highest BCUT2D eigenvalue weighted by atomic mass is 16.8. The molecule has 25 heteroatoms. The van der Waals surface area contributed by atoms with Gasteiger partial charge in [-0.15, -0.1) is 0 Å². The van der Waals surface area contributed by atoms with E-state index < -0.39 is 203 Å². The Balaban J connectivity index is 1.76. The zero-order valence-electron chi connectivity index (χ0n) is 37.5. The molecular weight excluding hydrogens is 876 g/mol. The first kappa shape index (κ1) is 55.7. The zero-order chi connectivity index (χ0) is 48.8. The lowest BCUT2D eigenvalue weighted by molar-refractivity contribution is -0.373. The van der Waals surface area contributed by atoms with Gasteiger partial charge in [-0.25, -0.2) is 0 Å². The highest BCUT2D eigenvalue weighted by Crippen LogP contribution is 2.40. The molecule has 25 nitrogen and oxygen atoms in total. The monoisotopic (exact) mass is 948 g/mol. The SMILES string of the molecule is CC(=O)NC1C(O)C(OC2OC(CO)C(O)C(OC3OC(CO)C(OC4OC(CO)C(O)C(O)C4O)[C@H](CC(OC(C)[C@H](C)O)[C@H](O)CO)C3NC(C)=O)C2O)C(CO)OC1C(C)(C)C. The average Bonchev–Trinajstić information content (AvgIpc) is 3.24. The van der Waals surface area contributed by atoms with Crippen molar-refractivity contribution in [1.82, 2.24) is 10.6 Å². The van der Waals surface area contributed by atoms with Crippen LogP contribution >= 0.6 is 0 Å². The Kier molecular flexibility index (Phi) is 20.6. The summed E-state index contributed by atoms with van der Waals surface area (Å²) < 4.78 is 48.0. The summed E-state index contributed by atoms with van der Waals surface area (Å²) in [7, 11) is 0. The van der Waals surface area contributed by atoms with Crippen molar-refractivity contribution < 1.29 is 114 Å². The minimum atomic E-state index is -2.05. The van der Waals surface area contributed by atoms with Crippen LogP contribution in [0.5, 0.6) is 0 Å². The second-order valence-electron chi connectivity index (χ2n) is 18.3. The molecule has 0 radical (unpaired) electrons. The van der Waals surface area contributed by atoms with Crippen LogP contribution in [0.1, 0.15) is 54.9 Å². The van der Waals surface area contributed by atoms with Gasteiger partial charge in [0.15, 0.2) is 18.9 Å². The Morgan fingerprint density at radius 2 is 1.06 bits per heavy atom. The molecule has 65 heavy (non-hydrogen) atoms. The number of ether oxygens (including phenoxy) is 8. The number of aliphatic hydroxyl groups excluding tert-OH is 13. The highest BCUT2D eigenvalue weighted by Gasteiger charge is 2.57. The molecule has 2 amide bonds. The van der Waals surface area contributed by atoms with Crippen LogP contribution in [0.25, 0.3) is 0 Å². The number of rotatable bonds is 19. The number of amides is 2. The summed E-state index contributed by atoms with van der Waals surface area (Å²) in [5, 5.41) is 145. The molecule has 4 aliphatic rings. The first-order valence-corrected chi connectivity index (χ1v) is 21.7. The molecule has 0 spiro atoms. The molecule has 4 saturated heterocycles. The van der Waals surface area contributed by atoms with Gasteiger partial charge >= 0.3 is 0 Å². The van der Waals surface area contributed by atoms with Gasteiger partial charge in [-0.05, 0) is 25.7 Å². The lowest BCUT2D eigenvalue weighted by Crippen LogP contribution is -2.70. The van der Waals surface area contributed by atoms with Crippen molar-refractivity contribution >= 4 is 11.8 Å². The van der Waals surface area contributed by atoms with Crippen molar-refractivity contribution in [1.29, 1.82) is 0 Å². The topological polar surface area (TPSA) is 395 Å². The largest absolute Gasteiger partial charge is 0.394 e. The van der Waals surface area contributed by atoms with Gasteiger partial charge in [0, 0.05) is 19.8 Å². The molecular formula is C40H72N2O23. The number of nitrogens with one attached hydrogen (secondary N) is 2. The van der Waals surface area contributed by atoms with E-state index in [1.165, 1.54) is 20.8 Å². The quantitative estimate of drug-likeness (QED) is 0.0572. The van der Waals surface area contributed by atoms with Gasteiger partial charge in [-0.1, -0.05) is 20.8 Å². The van der Waals surface area contributed by atoms with E-state index in [9.17, 15) is 76.0 Å². The van der Waals surface area contributed by atoms with Crippen LogP contribution < -0.4 is 10.6 Å². The molecule has 0 bridgehead atoms. The maximum Gasteiger partial charge on any atom is 0.217 e. The molecule has 0 aliphatic carbocycles. The van der Waals surface area contributed by atoms with Gasteiger partial charge in [0.2, 0.25) is 11.8 Å². The minimum absolute atomic E-state index is 0.442. The molecule has 0 aromatic rings. The first-order valence-electron chi connectivity index (χ1n) is 21.7. The van der Waals surface area contributed by atoms with Crippen LogP contribution in [0.2, 0.25) is 0 Å². The summed E-state index contributed by atoms with van der Waals surface area (Å²) in [6.45, 7) is 6.28. The Bertz CT molecular complexity index is 1480. The maximum atomic E-state index is 13.0. The standard InChI is InChI=1S/C40H72N2O23/c1-14(48)15(2)58-20(19(51)9-43)8-18-25(41-16(3)49)37(62-23(12-46)33(18)63-38-31(56)30(55)27(52)21(10-44)60-38)65-35-28(53)22(11-45)61-39(32(35)57)64-34-24(13-47)59-36(40(5,6)7)26(29(34)54)42-17(4)50/h14-15,18-39,43-48,51-57H,8-13H2,1-7H3,(H,41,49)(H,42,50)/t14-,15?,18+,19+,20?,21?,22?,23?,24?,25?,26?,27?,28?,29?,30?,31?,32?,33?,34?,35?,36?,37?,38?,39?/m0/s1. The van der Waals surface area contributed by atoms with Gasteiger partial charge in [0.05, 0.1) is 75.6 Å². The second-order valence-corrected chi connectivity index (χ2v) is 18.3. The van der Waals surface area contributed by atoms with Crippen molar-refractivity contribution in [2.45, 2.75) is 196 Å². The van der Waals surface area contributed by atoms with Crippen molar-refractivity contribution in [3.8, 4) is 0 Å². The molecule has 0 aromatic heterocycles. The number of aliphatic hydroxyl groups is 13. The van der Waals surface area contributed by atoms with Crippen LogP contribution in [0.4, 0.5) is 0 Å². The zero-order valence-corrected chi connectivity index (χ0v) is 37.5. The van der Waals surface area contributed by atoms with E-state index >= 15 is 0 Å². The minimum Gasteiger partial charge on any atom is -0.394 e. The molecule has 0 saturated carbocycles. The summed E-state index contributed by atoms with van der Waals surface area (Å²) in [5.41, 5.74) is -0.691. The summed E-state index contributed by atoms with van der Waals surface area (Å²) in [4.78, 5) is 25.2. The van der Waals surface area contributed by atoms with Gasteiger partial charge < -0.3 is 115 Å². The van der Waals surface area contributed by atoms with Gasteiger partial charge in [0.1, 0.15) is 79.4 Å². The Hall–Kier alpha value is -1.90. The van der Waals surface area contributed by atoms with Crippen molar-refractivity contribution in [3.63, 3.8) is 0 Å². The van der Waals surface area contributed by atoms with E-state index in [2.05, 4.69) is 10.6 Å².